The van der Waals surface area contributed by atoms with Crippen molar-refractivity contribution in [3.63, 3.8) is 0 Å². The number of aromatic nitrogens is 3. The van der Waals surface area contributed by atoms with E-state index in [4.69, 9.17) is 9.47 Å². The average molecular weight is 478 g/mol. The zero-order valence-corrected chi connectivity index (χ0v) is 19.7. The molecule has 3 unspecified atom stereocenters. The number of carbonyl (C=O) groups is 1. The molecule has 2 aromatic heterocycles. The molecular formula is C26H28FN5O3. The van der Waals surface area contributed by atoms with Crippen LogP contribution >= 0.6 is 0 Å². The second-order valence-electron chi connectivity index (χ2n) is 8.83. The smallest absolute Gasteiger partial charge is 0.251 e. The summed E-state index contributed by atoms with van der Waals surface area (Å²) in [6.45, 7) is 3.99. The van der Waals surface area contributed by atoms with Gasteiger partial charge in [-0.25, -0.2) is 14.4 Å². The molecule has 35 heavy (non-hydrogen) atoms. The third kappa shape index (κ3) is 4.82. The van der Waals surface area contributed by atoms with Gasteiger partial charge in [-0.3, -0.25) is 9.20 Å². The molecule has 3 atom stereocenters. The molecule has 1 aromatic carbocycles. The van der Waals surface area contributed by atoms with Gasteiger partial charge in [0.25, 0.3) is 5.91 Å². The van der Waals surface area contributed by atoms with Crippen LogP contribution in [0.3, 0.4) is 0 Å². The van der Waals surface area contributed by atoms with Gasteiger partial charge in [0.05, 0.1) is 18.5 Å². The Morgan fingerprint density at radius 1 is 1.34 bits per heavy atom. The lowest BCUT2D eigenvalue weighted by Gasteiger charge is -2.18. The first-order chi connectivity index (χ1) is 17.0. The summed E-state index contributed by atoms with van der Waals surface area (Å²) in [7, 11) is 1.49. The molecule has 182 valence electrons. The topological polar surface area (TPSA) is 89.8 Å². The van der Waals surface area contributed by atoms with Gasteiger partial charge in [0.2, 0.25) is 0 Å². The Bertz CT molecular complexity index is 1300. The van der Waals surface area contributed by atoms with Crippen molar-refractivity contribution in [1.29, 1.82) is 0 Å². The lowest BCUT2D eigenvalue weighted by atomic mass is 10.0. The van der Waals surface area contributed by atoms with E-state index in [0.717, 1.165) is 35.5 Å². The Morgan fingerprint density at radius 3 is 2.97 bits per heavy atom. The number of hydrogen-bond donors (Lipinski definition) is 2. The van der Waals surface area contributed by atoms with Crippen molar-refractivity contribution in [2.45, 2.75) is 25.6 Å². The fraction of sp³-hybridized carbons (Fsp3) is 0.346. The van der Waals surface area contributed by atoms with Crippen molar-refractivity contribution in [2.24, 2.45) is 5.92 Å². The Labute approximate surface area is 202 Å². The van der Waals surface area contributed by atoms with Crippen LogP contribution in [0.1, 0.15) is 28.0 Å². The number of ether oxygens (including phenoxy) is 2. The van der Waals surface area contributed by atoms with E-state index in [1.54, 1.807) is 30.7 Å². The molecule has 0 radical (unpaired) electrons. The minimum absolute atomic E-state index is 0.0882. The predicted molar refractivity (Wildman–Crippen MR) is 132 cm³/mol. The number of hydrogen-bond acceptors (Lipinski definition) is 6. The molecule has 3 heterocycles. The third-order valence-electron chi connectivity index (χ3n) is 6.42. The van der Waals surface area contributed by atoms with Crippen LogP contribution in [0.4, 0.5) is 15.9 Å². The zero-order chi connectivity index (χ0) is 24.4. The number of alkyl halides is 1. The van der Waals surface area contributed by atoms with Crippen LogP contribution in [0.5, 0.6) is 0 Å². The normalized spacial score (nSPS) is 21.8. The summed E-state index contributed by atoms with van der Waals surface area (Å²) in [5.41, 5.74) is 4.37. The third-order valence-corrected chi connectivity index (χ3v) is 6.42. The Kier molecular flexibility index (Phi) is 6.61. The van der Waals surface area contributed by atoms with Crippen LogP contribution in [-0.4, -0.2) is 59.4 Å². The van der Waals surface area contributed by atoms with E-state index >= 15 is 0 Å². The Balaban J connectivity index is 1.33. The first kappa shape index (κ1) is 23.2. The Hall–Kier alpha value is -3.56. The second-order valence-corrected chi connectivity index (χ2v) is 8.83. The number of anilines is 2. The Morgan fingerprint density at radius 2 is 2.23 bits per heavy atom. The van der Waals surface area contributed by atoms with Crippen LogP contribution in [0.15, 0.2) is 55.0 Å². The van der Waals surface area contributed by atoms with Crippen LogP contribution in [-0.2, 0) is 9.47 Å². The fourth-order valence-corrected chi connectivity index (χ4v) is 4.44. The van der Waals surface area contributed by atoms with E-state index in [1.165, 1.54) is 13.2 Å². The number of fused-ring (bicyclic) bond motifs is 1. The summed E-state index contributed by atoms with van der Waals surface area (Å²) in [5, 5.41) is 6.31. The minimum atomic E-state index is -1.23. The van der Waals surface area contributed by atoms with E-state index in [0.29, 0.717) is 36.1 Å². The molecule has 9 heteroatoms. The molecule has 1 aliphatic carbocycles. The maximum atomic E-state index is 14.4. The van der Waals surface area contributed by atoms with Crippen molar-refractivity contribution in [3.05, 3.63) is 71.8 Å². The summed E-state index contributed by atoms with van der Waals surface area (Å²) >= 11 is 0. The number of methoxy groups -OCH3 is 1. The van der Waals surface area contributed by atoms with E-state index < -0.39 is 12.3 Å². The summed E-state index contributed by atoms with van der Waals surface area (Å²) in [5.74, 6) is 0.849. The van der Waals surface area contributed by atoms with Gasteiger partial charge in [-0.2, -0.15) is 0 Å². The number of amides is 1. The highest BCUT2D eigenvalue weighted by molar-refractivity contribution is 5.96. The lowest BCUT2D eigenvalue weighted by Crippen LogP contribution is -2.30. The number of nitrogens with one attached hydrogen (secondary N) is 2. The number of allylic oxidation sites excluding steroid dienone is 2. The summed E-state index contributed by atoms with van der Waals surface area (Å²) < 4.78 is 26.7. The van der Waals surface area contributed by atoms with Crippen molar-refractivity contribution in [1.82, 2.24) is 19.7 Å². The molecule has 0 bridgehead atoms. The van der Waals surface area contributed by atoms with E-state index in [9.17, 15) is 9.18 Å². The molecule has 1 aliphatic heterocycles. The summed E-state index contributed by atoms with van der Waals surface area (Å²) in [6, 6.07) is 5.56. The van der Waals surface area contributed by atoms with Gasteiger partial charge in [-0.1, -0.05) is 12.2 Å². The minimum Gasteiger partial charge on any atom is -0.381 e. The molecule has 0 saturated carbocycles. The van der Waals surface area contributed by atoms with Crippen molar-refractivity contribution in [3.8, 4) is 0 Å². The number of benzene rings is 1. The maximum Gasteiger partial charge on any atom is 0.251 e. The van der Waals surface area contributed by atoms with Gasteiger partial charge in [-0.05, 0) is 48.8 Å². The standard InChI is InChI=1S/C26H28FN5O3/c1-16-11-19(4-5-20(16)26(33)30-13-17-7-10-35-15-17)31-24-25-29-14-22(32(25)9-8-28-24)18-3-6-23(34-2)21(27)12-18/h3-6,8-9,11-12,14,17,21,23H,7,10,13,15H2,1-2H3,(H,28,31)(H,30,33). The number of carbonyl (C=O) groups excluding carboxylic acids is 1. The molecular weight excluding hydrogens is 449 g/mol. The van der Waals surface area contributed by atoms with Gasteiger partial charge in [0, 0.05) is 49.8 Å². The van der Waals surface area contributed by atoms with Gasteiger partial charge < -0.3 is 20.1 Å². The quantitative estimate of drug-likeness (QED) is 0.537. The monoisotopic (exact) mass is 477 g/mol. The number of nitrogens with zero attached hydrogens (tertiary/aromatic N) is 3. The van der Waals surface area contributed by atoms with Gasteiger partial charge in [-0.15, -0.1) is 0 Å². The number of rotatable bonds is 7. The van der Waals surface area contributed by atoms with Crippen molar-refractivity contribution < 1.29 is 18.7 Å². The fourth-order valence-electron chi connectivity index (χ4n) is 4.44. The van der Waals surface area contributed by atoms with Crippen molar-refractivity contribution in [2.75, 3.05) is 32.2 Å². The number of imidazole rings is 1. The molecule has 1 amide bonds. The highest BCUT2D eigenvalue weighted by atomic mass is 19.1. The SMILES string of the molecule is COC1C=CC(c2cnc3c(Nc4ccc(C(=O)NCC5CCOC5)c(C)c4)nccn23)=CC1F. The van der Waals surface area contributed by atoms with Crippen molar-refractivity contribution >= 4 is 28.6 Å². The summed E-state index contributed by atoms with van der Waals surface area (Å²) in [6.07, 6.45) is 9.42. The second kappa shape index (κ2) is 9.97. The largest absolute Gasteiger partial charge is 0.381 e. The molecule has 5 rings (SSSR count). The summed E-state index contributed by atoms with van der Waals surface area (Å²) in [4.78, 5) is 21.6. The molecule has 2 N–H and O–H groups in total. The number of halogens is 1. The van der Waals surface area contributed by atoms with Gasteiger partial charge >= 0.3 is 0 Å². The lowest BCUT2D eigenvalue weighted by molar-refractivity contribution is 0.0861. The molecule has 8 nitrogen and oxygen atoms in total. The van der Waals surface area contributed by atoms with Gasteiger partial charge in [0.1, 0.15) is 12.3 Å². The van der Waals surface area contributed by atoms with E-state index in [-0.39, 0.29) is 5.91 Å². The van der Waals surface area contributed by atoms with Crippen LogP contribution < -0.4 is 10.6 Å². The average Bonchev–Trinajstić information content (AvgIpc) is 3.53. The van der Waals surface area contributed by atoms with Gasteiger partial charge in [0.15, 0.2) is 11.5 Å². The van der Waals surface area contributed by atoms with E-state index in [2.05, 4.69) is 20.6 Å². The first-order valence-corrected chi connectivity index (χ1v) is 11.7. The van der Waals surface area contributed by atoms with Crippen LogP contribution in [0.2, 0.25) is 0 Å². The molecule has 0 spiro atoms. The molecule has 1 saturated heterocycles. The zero-order valence-electron chi connectivity index (χ0n) is 19.7. The first-order valence-electron chi connectivity index (χ1n) is 11.7. The van der Waals surface area contributed by atoms with Crippen LogP contribution in [0, 0.1) is 12.8 Å². The van der Waals surface area contributed by atoms with E-state index in [1.807, 2.05) is 29.5 Å². The highest BCUT2D eigenvalue weighted by Gasteiger charge is 2.22. The molecule has 3 aromatic rings. The predicted octanol–water partition coefficient (Wildman–Crippen LogP) is 3.85. The highest BCUT2D eigenvalue weighted by Crippen LogP contribution is 2.28. The number of aryl methyl sites for hydroxylation is 1. The molecule has 1 fully saturated rings. The maximum absolute atomic E-state index is 14.4. The molecule has 2 aliphatic rings. The van der Waals surface area contributed by atoms with Crippen LogP contribution in [0.25, 0.3) is 11.2 Å².